The van der Waals surface area contributed by atoms with Crippen LogP contribution in [0, 0.1) is 5.92 Å². The summed E-state index contributed by atoms with van der Waals surface area (Å²) in [6.07, 6.45) is 1.05. The summed E-state index contributed by atoms with van der Waals surface area (Å²) in [7, 11) is -1.09. The maximum absolute atomic E-state index is 12.6. The van der Waals surface area contributed by atoms with Gasteiger partial charge in [-0.3, -0.25) is 4.21 Å². The number of hydrogen-bond donors (Lipinski definition) is 1. The number of fused-ring (bicyclic) bond motifs is 1. The van der Waals surface area contributed by atoms with Gasteiger partial charge in [0.25, 0.3) is 0 Å². The van der Waals surface area contributed by atoms with Crippen molar-refractivity contribution in [2.45, 2.75) is 43.4 Å². The molecular formula is C14H19Cl2NOS. The highest BCUT2D eigenvalue weighted by Crippen LogP contribution is 2.44. The Morgan fingerprint density at radius 3 is 2.53 bits per heavy atom. The van der Waals surface area contributed by atoms with Crippen molar-refractivity contribution in [3.63, 3.8) is 0 Å². The number of nitrogens with one attached hydrogen (secondary N) is 1. The van der Waals surface area contributed by atoms with Crippen molar-refractivity contribution in [3.05, 3.63) is 27.7 Å². The van der Waals surface area contributed by atoms with Crippen molar-refractivity contribution in [3.8, 4) is 0 Å². The molecule has 0 bridgehead atoms. The third-order valence-electron chi connectivity index (χ3n) is 3.83. The summed E-state index contributed by atoms with van der Waals surface area (Å²) in [6.45, 7) is 7.18. The number of hydrogen-bond acceptors (Lipinski definition) is 2. The van der Waals surface area contributed by atoms with Gasteiger partial charge in [0.15, 0.2) is 0 Å². The Morgan fingerprint density at radius 2 is 1.89 bits per heavy atom. The molecule has 1 aliphatic rings. The first-order chi connectivity index (χ1) is 8.99. The van der Waals surface area contributed by atoms with E-state index >= 15 is 0 Å². The first-order valence-corrected chi connectivity index (χ1v) is 8.57. The molecule has 106 valence electrons. The van der Waals surface area contributed by atoms with Crippen LogP contribution < -0.4 is 5.32 Å². The molecule has 0 saturated carbocycles. The van der Waals surface area contributed by atoms with Crippen LogP contribution in [0.25, 0.3) is 0 Å². The highest BCUT2D eigenvalue weighted by atomic mass is 35.5. The fraction of sp³-hybridized carbons (Fsp3) is 0.571. The van der Waals surface area contributed by atoms with Gasteiger partial charge in [0.1, 0.15) is 0 Å². The molecule has 1 aromatic carbocycles. The Labute approximate surface area is 127 Å². The van der Waals surface area contributed by atoms with Crippen LogP contribution in [0.4, 0.5) is 0 Å². The molecule has 0 spiro atoms. The van der Waals surface area contributed by atoms with Crippen LogP contribution in [0.15, 0.2) is 17.0 Å². The van der Waals surface area contributed by atoms with Gasteiger partial charge in [-0.05, 0) is 31.0 Å². The summed E-state index contributed by atoms with van der Waals surface area (Å²) in [5.74, 6) is 0.260. The van der Waals surface area contributed by atoms with Crippen LogP contribution in [0.3, 0.4) is 0 Å². The predicted octanol–water partition coefficient (Wildman–Crippen LogP) is 4.18. The maximum Gasteiger partial charge on any atom is 0.0639 e. The molecule has 1 heterocycles. The molecule has 5 heteroatoms. The molecule has 2 nitrogen and oxygen atoms in total. The van der Waals surface area contributed by atoms with Gasteiger partial charge < -0.3 is 5.32 Å². The van der Waals surface area contributed by atoms with E-state index in [-0.39, 0.29) is 17.2 Å². The summed E-state index contributed by atoms with van der Waals surface area (Å²) in [6, 6.07) is 3.65. The van der Waals surface area contributed by atoms with E-state index in [1.807, 2.05) is 6.92 Å². The SMILES string of the molecule is CCCNC1c2c(Cl)ccc(Cl)c2S(=O)C(C)C1C. The van der Waals surface area contributed by atoms with Gasteiger partial charge in [-0.15, -0.1) is 0 Å². The van der Waals surface area contributed by atoms with Gasteiger partial charge in [-0.1, -0.05) is 44.0 Å². The smallest absolute Gasteiger partial charge is 0.0639 e. The standard InChI is InChI=1S/C14H19Cl2NOS/c1-4-7-17-13-8(2)9(3)19(18)14-11(16)6-5-10(15)12(13)14/h5-6,8-9,13,17H,4,7H2,1-3H3. The van der Waals surface area contributed by atoms with Crippen molar-refractivity contribution >= 4 is 34.0 Å². The lowest BCUT2D eigenvalue weighted by Crippen LogP contribution is -2.39. The average Bonchev–Trinajstić information content (AvgIpc) is 2.39. The molecule has 19 heavy (non-hydrogen) atoms. The molecular weight excluding hydrogens is 301 g/mol. The molecule has 4 atom stereocenters. The van der Waals surface area contributed by atoms with Gasteiger partial charge in [-0.2, -0.15) is 0 Å². The first kappa shape index (κ1) is 15.3. The Kier molecular flexibility index (Phi) is 4.93. The van der Waals surface area contributed by atoms with Gasteiger partial charge in [0.2, 0.25) is 0 Å². The van der Waals surface area contributed by atoms with Crippen LogP contribution in [0.1, 0.15) is 38.8 Å². The van der Waals surface area contributed by atoms with Gasteiger partial charge in [0, 0.05) is 21.9 Å². The van der Waals surface area contributed by atoms with Crippen LogP contribution in [-0.2, 0) is 10.8 Å². The van der Waals surface area contributed by atoms with Crippen molar-refractivity contribution in [2.24, 2.45) is 5.92 Å². The Morgan fingerprint density at radius 1 is 1.26 bits per heavy atom. The summed E-state index contributed by atoms with van der Waals surface area (Å²) in [5, 5.41) is 4.79. The zero-order chi connectivity index (χ0) is 14.2. The second kappa shape index (κ2) is 6.13. The summed E-state index contributed by atoms with van der Waals surface area (Å²) >= 11 is 12.6. The van der Waals surface area contributed by atoms with Gasteiger partial charge >= 0.3 is 0 Å². The Balaban J connectivity index is 2.56. The first-order valence-electron chi connectivity index (χ1n) is 6.60. The summed E-state index contributed by atoms with van der Waals surface area (Å²) in [5.41, 5.74) is 0.923. The molecule has 1 aliphatic heterocycles. The zero-order valence-corrected chi connectivity index (χ0v) is 13.7. The molecule has 0 fully saturated rings. The van der Waals surface area contributed by atoms with Crippen molar-refractivity contribution in [2.75, 3.05) is 6.54 Å². The predicted molar refractivity (Wildman–Crippen MR) is 82.5 cm³/mol. The molecule has 2 rings (SSSR count). The quantitative estimate of drug-likeness (QED) is 0.905. The van der Waals surface area contributed by atoms with Crippen LogP contribution >= 0.6 is 23.2 Å². The third-order valence-corrected chi connectivity index (χ3v) is 6.53. The largest absolute Gasteiger partial charge is 0.310 e. The fourth-order valence-electron chi connectivity index (χ4n) is 2.55. The van der Waals surface area contributed by atoms with E-state index < -0.39 is 10.8 Å². The Hall–Kier alpha value is -0.0900. The third kappa shape index (κ3) is 2.71. The molecule has 1 N–H and O–H groups in total. The monoisotopic (exact) mass is 319 g/mol. The molecule has 0 aliphatic carbocycles. The minimum absolute atomic E-state index is 0.0674. The lowest BCUT2D eigenvalue weighted by atomic mass is 9.91. The molecule has 0 aromatic heterocycles. The number of benzene rings is 1. The highest BCUT2D eigenvalue weighted by molar-refractivity contribution is 7.86. The van der Waals surface area contributed by atoms with Crippen LogP contribution in [0.2, 0.25) is 10.0 Å². The highest BCUT2D eigenvalue weighted by Gasteiger charge is 2.38. The van der Waals surface area contributed by atoms with E-state index in [0.717, 1.165) is 18.5 Å². The van der Waals surface area contributed by atoms with Crippen LogP contribution in [0.5, 0.6) is 0 Å². The van der Waals surface area contributed by atoms with Crippen molar-refractivity contribution in [1.82, 2.24) is 5.32 Å². The normalized spacial score (nSPS) is 30.2. The second-order valence-corrected chi connectivity index (χ2v) is 7.63. The molecule has 0 radical (unpaired) electrons. The summed E-state index contributed by atoms with van der Waals surface area (Å²) < 4.78 is 12.6. The van der Waals surface area contributed by atoms with E-state index in [0.29, 0.717) is 14.9 Å². The van der Waals surface area contributed by atoms with Crippen molar-refractivity contribution < 1.29 is 4.21 Å². The lowest BCUT2D eigenvalue weighted by molar-refractivity contribution is 0.367. The van der Waals surface area contributed by atoms with Gasteiger partial charge in [0.05, 0.1) is 20.7 Å². The number of halogens is 2. The molecule has 0 saturated heterocycles. The molecule has 1 aromatic rings. The van der Waals surface area contributed by atoms with Crippen LogP contribution in [-0.4, -0.2) is 16.0 Å². The zero-order valence-electron chi connectivity index (χ0n) is 11.4. The van der Waals surface area contributed by atoms with Gasteiger partial charge in [-0.25, -0.2) is 0 Å². The van der Waals surface area contributed by atoms with Crippen molar-refractivity contribution in [1.29, 1.82) is 0 Å². The van der Waals surface area contributed by atoms with E-state index in [4.69, 9.17) is 23.2 Å². The van der Waals surface area contributed by atoms with E-state index in [1.165, 1.54) is 0 Å². The minimum atomic E-state index is -1.09. The molecule has 0 amide bonds. The topological polar surface area (TPSA) is 29.1 Å². The second-order valence-electron chi connectivity index (χ2n) is 5.07. The number of rotatable bonds is 3. The lowest BCUT2D eigenvalue weighted by Gasteiger charge is -2.37. The average molecular weight is 320 g/mol. The minimum Gasteiger partial charge on any atom is -0.310 e. The van der Waals surface area contributed by atoms with E-state index in [9.17, 15) is 4.21 Å². The van der Waals surface area contributed by atoms with E-state index in [1.54, 1.807) is 12.1 Å². The van der Waals surface area contributed by atoms with E-state index in [2.05, 4.69) is 19.2 Å². The maximum atomic E-state index is 12.6. The molecule has 4 unspecified atom stereocenters. The Bertz CT molecular complexity index is 506. The fourth-order valence-corrected chi connectivity index (χ4v) is 4.90. The summed E-state index contributed by atoms with van der Waals surface area (Å²) in [4.78, 5) is 0.716.